The number of amides is 1. The number of hydrogen-bond acceptors (Lipinski definition) is 3. The van der Waals surface area contributed by atoms with E-state index in [1.54, 1.807) is 37.4 Å². The zero-order chi connectivity index (χ0) is 15.9. The smallest absolute Gasteiger partial charge is 0.223 e. The first-order valence-corrected chi connectivity index (χ1v) is 7.93. The highest BCUT2D eigenvalue weighted by molar-refractivity contribution is 7.10. The summed E-state index contributed by atoms with van der Waals surface area (Å²) in [6.07, 6.45) is 0.460. The molecule has 0 aromatic carbocycles. The summed E-state index contributed by atoms with van der Waals surface area (Å²) in [6.45, 7) is 5.77. The maximum absolute atomic E-state index is 11.5. The molecule has 118 valence electrons. The third kappa shape index (κ3) is 5.75. The quantitative estimate of drug-likeness (QED) is 0.621. The Morgan fingerprint density at radius 3 is 2.62 bits per heavy atom. The minimum Gasteiger partial charge on any atom is -0.356 e. The fourth-order valence-electron chi connectivity index (χ4n) is 1.79. The number of hydrogen-bond donors (Lipinski definition) is 2. The van der Waals surface area contributed by atoms with Crippen molar-refractivity contribution in [3.8, 4) is 0 Å². The summed E-state index contributed by atoms with van der Waals surface area (Å²) in [5.74, 6) is 0.836. The van der Waals surface area contributed by atoms with Crippen LogP contribution in [0.15, 0.2) is 22.5 Å². The summed E-state index contributed by atoms with van der Waals surface area (Å²) in [4.78, 5) is 18.6. The van der Waals surface area contributed by atoms with Crippen LogP contribution in [0.2, 0.25) is 0 Å². The molecular weight excluding hydrogens is 284 g/mol. The molecule has 0 atom stereocenters. The van der Waals surface area contributed by atoms with Gasteiger partial charge in [0.25, 0.3) is 0 Å². The van der Waals surface area contributed by atoms with Crippen LogP contribution < -0.4 is 10.6 Å². The summed E-state index contributed by atoms with van der Waals surface area (Å²) in [6, 6.07) is 4.22. The number of aliphatic imine (C=N–C) groups is 1. The second kappa shape index (κ2) is 8.02. The van der Waals surface area contributed by atoms with E-state index in [1.165, 1.54) is 4.88 Å². The molecule has 1 aromatic heterocycles. The Bertz CT molecular complexity index is 466. The Kier molecular flexibility index (Phi) is 6.68. The normalized spacial score (nSPS) is 12.1. The fourth-order valence-corrected chi connectivity index (χ4v) is 2.64. The van der Waals surface area contributed by atoms with Crippen LogP contribution in [0.25, 0.3) is 0 Å². The second-order valence-corrected chi connectivity index (χ2v) is 6.70. The molecule has 0 saturated carbocycles. The Hall–Kier alpha value is -1.56. The summed E-state index contributed by atoms with van der Waals surface area (Å²) in [5.41, 5.74) is 0.0469. The molecule has 1 amide bonds. The first-order valence-electron chi connectivity index (χ1n) is 7.05. The van der Waals surface area contributed by atoms with Crippen molar-refractivity contribution in [3.63, 3.8) is 0 Å². The van der Waals surface area contributed by atoms with Crippen molar-refractivity contribution in [3.05, 3.63) is 22.4 Å². The van der Waals surface area contributed by atoms with Gasteiger partial charge in [0.1, 0.15) is 0 Å². The first kappa shape index (κ1) is 17.5. The van der Waals surface area contributed by atoms with Crippen molar-refractivity contribution in [2.24, 2.45) is 4.99 Å². The van der Waals surface area contributed by atoms with Crippen molar-refractivity contribution in [2.45, 2.75) is 25.7 Å². The molecule has 0 fully saturated rings. The van der Waals surface area contributed by atoms with Gasteiger partial charge < -0.3 is 15.5 Å². The number of nitrogens with one attached hydrogen (secondary N) is 2. The molecule has 1 rings (SSSR count). The number of carbonyl (C=O) groups is 1. The van der Waals surface area contributed by atoms with E-state index < -0.39 is 0 Å². The highest BCUT2D eigenvalue weighted by atomic mass is 32.1. The molecule has 0 bridgehead atoms. The Morgan fingerprint density at radius 2 is 2.10 bits per heavy atom. The highest BCUT2D eigenvalue weighted by Crippen LogP contribution is 2.26. The molecule has 1 heterocycles. The van der Waals surface area contributed by atoms with Crippen molar-refractivity contribution in [1.82, 2.24) is 15.5 Å². The van der Waals surface area contributed by atoms with Crippen LogP contribution in [-0.4, -0.2) is 51.0 Å². The predicted octanol–water partition coefficient (Wildman–Crippen LogP) is 1.67. The van der Waals surface area contributed by atoms with E-state index in [1.807, 2.05) is 0 Å². The van der Waals surface area contributed by atoms with E-state index >= 15 is 0 Å². The van der Waals surface area contributed by atoms with Gasteiger partial charge in [-0.05, 0) is 11.4 Å². The molecule has 0 unspecified atom stereocenters. The van der Waals surface area contributed by atoms with E-state index in [9.17, 15) is 4.79 Å². The first-order chi connectivity index (χ1) is 9.86. The van der Waals surface area contributed by atoms with Crippen molar-refractivity contribution >= 4 is 23.2 Å². The summed E-state index contributed by atoms with van der Waals surface area (Å²) >= 11 is 1.76. The minimum atomic E-state index is 0.0469. The third-order valence-corrected chi connectivity index (χ3v) is 4.48. The second-order valence-electron chi connectivity index (χ2n) is 5.75. The Balaban J connectivity index is 2.40. The van der Waals surface area contributed by atoms with Crippen LogP contribution in [0.5, 0.6) is 0 Å². The maximum atomic E-state index is 11.5. The number of rotatable bonds is 6. The van der Waals surface area contributed by atoms with E-state index in [0.29, 0.717) is 13.0 Å². The molecule has 6 heteroatoms. The van der Waals surface area contributed by atoms with Crippen LogP contribution in [-0.2, 0) is 10.2 Å². The average molecular weight is 310 g/mol. The van der Waals surface area contributed by atoms with Gasteiger partial charge in [-0.3, -0.25) is 9.79 Å². The van der Waals surface area contributed by atoms with Crippen LogP contribution in [0.1, 0.15) is 25.1 Å². The van der Waals surface area contributed by atoms with E-state index in [0.717, 1.165) is 12.5 Å². The van der Waals surface area contributed by atoms with Gasteiger partial charge in [-0.15, -0.1) is 11.3 Å². The molecule has 2 N–H and O–H groups in total. The lowest BCUT2D eigenvalue weighted by Gasteiger charge is -2.25. The van der Waals surface area contributed by atoms with Crippen molar-refractivity contribution in [2.75, 3.05) is 34.2 Å². The average Bonchev–Trinajstić information content (AvgIpc) is 2.97. The van der Waals surface area contributed by atoms with Crippen molar-refractivity contribution in [1.29, 1.82) is 0 Å². The van der Waals surface area contributed by atoms with Crippen molar-refractivity contribution < 1.29 is 4.79 Å². The van der Waals surface area contributed by atoms with Crippen LogP contribution in [0.4, 0.5) is 0 Å². The zero-order valence-electron chi connectivity index (χ0n) is 13.6. The lowest BCUT2D eigenvalue weighted by molar-refractivity contribution is -0.128. The zero-order valence-corrected chi connectivity index (χ0v) is 14.4. The van der Waals surface area contributed by atoms with E-state index in [2.05, 4.69) is 47.0 Å². The topological polar surface area (TPSA) is 56.7 Å². The van der Waals surface area contributed by atoms with Gasteiger partial charge in [-0.1, -0.05) is 19.9 Å². The van der Waals surface area contributed by atoms with Gasteiger partial charge in [-0.2, -0.15) is 0 Å². The molecule has 0 saturated heterocycles. The van der Waals surface area contributed by atoms with Gasteiger partial charge in [0.05, 0.1) is 0 Å². The third-order valence-electron chi connectivity index (χ3n) is 3.24. The molecule has 0 aliphatic heterocycles. The van der Waals surface area contributed by atoms with Gasteiger partial charge in [-0.25, -0.2) is 0 Å². The Morgan fingerprint density at radius 1 is 1.38 bits per heavy atom. The standard InChI is InChI=1S/C15H26N4OS/c1-15(2,12-7-6-10-21-12)11-18-14(16-3)17-9-8-13(20)19(4)5/h6-7,10H,8-9,11H2,1-5H3,(H2,16,17,18). The SMILES string of the molecule is CN=C(NCCC(=O)N(C)C)NCC(C)(C)c1cccs1. The predicted molar refractivity (Wildman–Crippen MR) is 90.0 cm³/mol. The van der Waals surface area contributed by atoms with Crippen LogP contribution in [0.3, 0.4) is 0 Å². The summed E-state index contributed by atoms with van der Waals surface area (Å²) in [7, 11) is 5.26. The van der Waals surface area contributed by atoms with E-state index in [-0.39, 0.29) is 11.3 Å². The molecule has 21 heavy (non-hydrogen) atoms. The fraction of sp³-hybridized carbons (Fsp3) is 0.600. The lowest BCUT2D eigenvalue weighted by atomic mass is 9.91. The molecule has 0 aliphatic rings. The molecule has 0 aliphatic carbocycles. The van der Waals surface area contributed by atoms with Gasteiger partial charge in [0, 0.05) is 50.9 Å². The van der Waals surface area contributed by atoms with Gasteiger partial charge in [0.15, 0.2) is 5.96 Å². The molecule has 0 radical (unpaired) electrons. The molecule has 0 spiro atoms. The number of carbonyl (C=O) groups excluding carboxylic acids is 1. The largest absolute Gasteiger partial charge is 0.356 e. The number of thiophene rings is 1. The highest BCUT2D eigenvalue weighted by Gasteiger charge is 2.21. The van der Waals surface area contributed by atoms with Crippen LogP contribution in [0, 0.1) is 0 Å². The molecule has 5 nitrogen and oxygen atoms in total. The number of nitrogens with zero attached hydrogens (tertiary/aromatic N) is 2. The molecular formula is C15H26N4OS. The van der Waals surface area contributed by atoms with Gasteiger partial charge >= 0.3 is 0 Å². The number of guanidine groups is 1. The summed E-state index contributed by atoms with van der Waals surface area (Å²) in [5, 5.41) is 8.58. The Labute approximate surface area is 131 Å². The molecule has 1 aromatic rings. The monoisotopic (exact) mass is 310 g/mol. The summed E-state index contributed by atoms with van der Waals surface area (Å²) < 4.78 is 0. The lowest BCUT2D eigenvalue weighted by Crippen LogP contribution is -2.44. The van der Waals surface area contributed by atoms with E-state index in [4.69, 9.17) is 0 Å². The van der Waals surface area contributed by atoms with Gasteiger partial charge in [0.2, 0.25) is 5.91 Å². The maximum Gasteiger partial charge on any atom is 0.223 e. The minimum absolute atomic E-state index is 0.0469. The van der Waals surface area contributed by atoms with Crippen LogP contribution >= 0.6 is 11.3 Å².